The number of anilines is 1. The molecule has 2 aliphatic heterocycles. The van der Waals surface area contributed by atoms with Gasteiger partial charge in [0.05, 0.1) is 10.4 Å². The van der Waals surface area contributed by atoms with Gasteiger partial charge in [-0.2, -0.15) is 17.5 Å². The molecule has 1 amide bonds. The average molecular weight is 619 g/mol. The summed E-state index contributed by atoms with van der Waals surface area (Å²) in [6.07, 6.45) is -4.73. The Labute approximate surface area is 242 Å². The highest BCUT2D eigenvalue weighted by Crippen LogP contribution is 2.35. The van der Waals surface area contributed by atoms with E-state index in [-0.39, 0.29) is 46.8 Å². The lowest BCUT2D eigenvalue weighted by Gasteiger charge is -2.34. The van der Waals surface area contributed by atoms with Gasteiger partial charge in [-0.05, 0) is 41.0 Å². The zero-order valence-corrected chi connectivity index (χ0v) is 23.0. The predicted molar refractivity (Wildman–Crippen MR) is 146 cm³/mol. The summed E-state index contributed by atoms with van der Waals surface area (Å²) >= 11 is 0. The van der Waals surface area contributed by atoms with Crippen LogP contribution in [0.2, 0.25) is 0 Å². The molecule has 15 heteroatoms. The lowest BCUT2D eigenvalue weighted by molar-refractivity contribution is -0.160. The van der Waals surface area contributed by atoms with Crippen LogP contribution in [0.4, 0.5) is 27.9 Å². The molecule has 3 N–H and O–H groups in total. The van der Waals surface area contributed by atoms with E-state index in [2.05, 4.69) is 15.3 Å². The van der Waals surface area contributed by atoms with Crippen LogP contribution in [0.1, 0.15) is 21.6 Å². The Morgan fingerprint density at radius 1 is 0.977 bits per heavy atom. The van der Waals surface area contributed by atoms with Gasteiger partial charge in [-0.1, -0.05) is 30.3 Å². The smallest absolute Gasteiger partial charge is 0.368 e. The maximum Gasteiger partial charge on any atom is 0.405 e. The molecule has 3 heterocycles. The molecule has 3 aromatic carbocycles. The normalized spacial score (nSPS) is 17.8. The van der Waals surface area contributed by atoms with Crippen LogP contribution in [-0.4, -0.2) is 65.4 Å². The highest BCUT2D eigenvalue weighted by molar-refractivity contribution is 7.89. The van der Waals surface area contributed by atoms with Crippen molar-refractivity contribution in [1.82, 2.24) is 24.5 Å². The minimum Gasteiger partial charge on any atom is -0.368 e. The zero-order valence-electron chi connectivity index (χ0n) is 22.2. The van der Waals surface area contributed by atoms with E-state index in [1.165, 1.54) is 18.2 Å². The van der Waals surface area contributed by atoms with Crippen molar-refractivity contribution in [2.24, 2.45) is 0 Å². The highest BCUT2D eigenvalue weighted by atomic mass is 32.2. The number of aromatic nitrogens is 2. The van der Waals surface area contributed by atoms with Crippen LogP contribution in [-0.2, 0) is 23.1 Å². The van der Waals surface area contributed by atoms with E-state index in [0.29, 0.717) is 29.5 Å². The molecule has 43 heavy (non-hydrogen) atoms. The van der Waals surface area contributed by atoms with Gasteiger partial charge < -0.3 is 16.0 Å². The fourth-order valence-electron chi connectivity index (χ4n) is 5.37. The fourth-order valence-corrected chi connectivity index (χ4v) is 7.03. The lowest BCUT2D eigenvalue weighted by atomic mass is 10.0. The number of amides is 1. The molecule has 0 saturated carbocycles. The molecule has 9 nitrogen and oxygen atoms in total. The third-order valence-electron chi connectivity index (χ3n) is 7.53. The first-order valence-electron chi connectivity index (χ1n) is 13.1. The van der Waals surface area contributed by atoms with Gasteiger partial charge in [0, 0.05) is 43.7 Å². The maximum absolute atomic E-state index is 14.6. The van der Waals surface area contributed by atoms with Crippen LogP contribution in [0, 0.1) is 11.6 Å². The summed E-state index contributed by atoms with van der Waals surface area (Å²) < 4.78 is 97.0. The van der Waals surface area contributed by atoms with Crippen molar-refractivity contribution in [2.45, 2.75) is 30.2 Å². The Hall–Kier alpha value is -4.21. The summed E-state index contributed by atoms with van der Waals surface area (Å²) in [6.45, 7) is -0.950. The van der Waals surface area contributed by atoms with Gasteiger partial charge in [0.1, 0.15) is 11.7 Å². The van der Waals surface area contributed by atoms with Crippen molar-refractivity contribution in [1.29, 1.82) is 0 Å². The van der Waals surface area contributed by atoms with Gasteiger partial charge in [0.15, 0.2) is 11.6 Å². The first-order chi connectivity index (χ1) is 20.3. The van der Waals surface area contributed by atoms with Crippen molar-refractivity contribution in [2.75, 3.05) is 25.4 Å². The van der Waals surface area contributed by atoms with E-state index >= 15 is 0 Å². The summed E-state index contributed by atoms with van der Waals surface area (Å²) in [5.41, 5.74) is 7.68. The van der Waals surface area contributed by atoms with E-state index in [9.17, 15) is 35.2 Å². The average Bonchev–Trinajstić information content (AvgIpc) is 3.41. The number of halogens is 5. The number of hydrogen-bond acceptors (Lipinski definition) is 7. The van der Waals surface area contributed by atoms with Crippen LogP contribution in [0.15, 0.2) is 59.5 Å². The van der Waals surface area contributed by atoms with Gasteiger partial charge in [-0.15, -0.1) is 0 Å². The second kappa shape index (κ2) is 10.5. The number of hydrogen-bond donors (Lipinski definition) is 2. The van der Waals surface area contributed by atoms with E-state index in [1.54, 1.807) is 4.90 Å². The third-order valence-corrected chi connectivity index (χ3v) is 9.43. The van der Waals surface area contributed by atoms with Crippen molar-refractivity contribution in [3.8, 4) is 11.1 Å². The number of nitrogens with zero attached hydrogens (tertiary/aromatic N) is 4. The summed E-state index contributed by atoms with van der Waals surface area (Å²) in [6, 6.07) is 10.6. The summed E-state index contributed by atoms with van der Waals surface area (Å²) in [7, 11) is -4.74. The predicted octanol–water partition coefficient (Wildman–Crippen LogP) is 3.84. The molecule has 1 aromatic heterocycles. The number of carbonyl (C=O) groups excluding carboxylic acids is 1. The van der Waals surface area contributed by atoms with Gasteiger partial charge in [0.2, 0.25) is 16.0 Å². The standard InChI is InChI=1S/C28H23F5N6O3S/c29-20-10-18(23(11-21(20)30)43(41,42)39-8-7-35-24(14-39)28(31,32)33)15-5-6-22-19(9-15)25(37-27(34)36-22)26(40)38-12-16-3-1-2-4-17(16)13-38/h1-6,9-11,24,35H,7-8,12-14H2,(H2,34,36,37). The molecule has 6 rings (SSSR count). The van der Waals surface area contributed by atoms with Crippen molar-refractivity contribution in [3.63, 3.8) is 0 Å². The van der Waals surface area contributed by atoms with Crippen LogP contribution in [0.5, 0.6) is 0 Å². The van der Waals surface area contributed by atoms with Crippen molar-refractivity contribution >= 4 is 32.8 Å². The van der Waals surface area contributed by atoms with Gasteiger partial charge in [-0.25, -0.2) is 27.2 Å². The fraction of sp³-hybridized carbons (Fsp3) is 0.250. The monoisotopic (exact) mass is 618 g/mol. The Bertz CT molecular complexity index is 1860. The Kier molecular flexibility index (Phi) is 7.06. The Morgan fingerprint density at radius 3 is 2.33 bits per heavy atom. The molecule has 0 radical (unpaired) electrons. The molecular formula is C28H23F5N6O3S. The summed E-state index contributed by atoms with van der Waals surface area (Å²) in [5, 5.41) is 2.39. The minimum atomic E-state index is -4.74. The van der Waals surface area contributed by atoms with Crippen molar-refractivity contribution in [3.05, 3.63) is 83.1 Å². The molecule has 1 fully saturated rings. The second-order valence-corrected chi connectivity index (χ2v) is 12.2. The second-order valence-electron chi connectivity index (χ2n) is 10.3. The number of sulfonamides is 1. The number of piperazine rings is 1. The quantitative estimate of drug-likeness (QED) is 0.334. The molecule has 0 aliphatic carbocycles. The number of nitrogens with two attached hydrogens (primary N) is 1. The molecule has 4 aromatic rings. The lowest BCUT2D eigenvalue weighted by Crippen LogP contribution is -2.58. The number of nitrogens with one attached hydrogen (secondary N) is 1. The highest BCUT2D eigenvalue weighted by Gasteiger charge is 2.45. The zero-order chi connectivity index (χ0) is 30.7. The number of fused-ring (bicyclic) bond motifs is 2. The first-order valence-corrected chi connectivity index (χ1v) is 14.5. The minimum absolute atomic E-state index is 0.0413. The third kappa shape index (κ3) is 5.28. The molecule has 1 unspecified atom stereocenters. The Morgan fingerprint density at radius 2 is 1.65 bits per heavy atom. The van der Waals surface area contributed by atoms with Crippen LogP contribution in [0.3, 0.4) is 0 Å². The molecule has 2 aliphatic rings. The van der Waals surface area contributed by atoms with Gasteiger partial charge in [0.25, 0.3) is 5.91 Å². The molecular weight excluding hydrogens is 595 g/mol. The molecule has 224 valence electrons. The van der Waals surface area contributed by atoms with Gasteiger partial charge >= 0.3 is 6.18 Å². The number of benzene rings is 3. The summed E-state index contributed by atoms with van der Waals surface area (Å²) in [5.74, 6) is -3.53. The molecule has 1 atom stereocenters. The maximum atomic E-state index is 14.6. The van der Waals surface area contributed by atoms with Crippen molar-refractivity contribution < 1.29 is 35.2 Å². The topological polar surface area (TPSA) is 122 Å². The van der Waals surface area contributed by atoms with Gasteiger partial charge in [-0.3, -0.25) is 4.79 Å². The largest absolute Gasteiger partial charge is 0.405 e. The Balaban J connectivity index is 1.44. The summed E-state index contributed by atoms with van der Waals surface area (Å²) in [4.78, 5) is 22.8. The van der Waals surface area contributed by atoms with E-state index in [1.807, 2.05) is 24.3 Å². The number of rotatable bonds is 4. The van der Waals surface area contributed by atoms with E-state index in [4.69, 9.17) is 5.73 Å². The first kappa shape index (κ1) is 28.9. The molecule has 0 bridgehead atoms. The van der Waals surface area contributed by atoms with Crippen LogP contribution >= 0.6 is 0 Å². The van der Waals surface area contributed by atoms with E-state index < -0.39 is 51.2 Å². The number of nitrogen functional groups attached to an aromatic ring is 1. The van der Waals surface area contributed by atoms with Crippen LogP contribution < -0.4 is 11.1 Å². The molecule has 0 spiro atoms. The van der Waals surface area contributed by atoms with Crippen LogP contribution in [0.25, 0.3) is 22.0 Å². The number of carbonyl (C=O) groups is 1. The number of alkyl halides is 3. The molecule has 1 saturated heterocycles. The SMILES string of the molecule is Nc1nc(C(=O)N2Cc3ccccc3C2)c2cc(-c3cc(F)c(F)cc3S(=O)(=O)N3CCNC(C(F)(F)F)C3)ccc2n1. The van der Waals surface area contributed by atoms with E-state index in [0.717, 1.165) is 11.1 Å².